The van der Waals surface area contributed by atoms with Gasteiger partial charge in [-0.2, -0.15) is 0 Å². The first-order valence-electron chi connectivity index (χ1n) is 10.9. The van der Waals surface area contributed by atoms with E-state index in [1.54, 1.807) is 7.11 Å². The van der Waals surface area contributed by atoms with Crippen LogP contribution in [-0.4, -0.2) is 95.6 Å². The van der Waals surface area contributed by atoms with Gasteiger partial charge in [0, 0.05) is 53.0 Å². The van der Waals surface area contributed by atoms with Crippen molar-refractivity contribution in [2.75, 3.05) is 79.8 Å². The van der Waals surface area contributed by atoms with Gasteiger partial charge in [-0.25, -0.2) is 4.39 Å². The minimum Gasteiger partial charge on any atom is -0.385 e. The average molecular weight is 424 g/mol. The molecule has 1 aliphatic rings. The Labute approximate surface area is 180 Å². The summed E-state index contributed by atoms with van der Waals surface area (Å²) in [6.07, 6.45) is 1.03. The van der Waals surface area contributed by atoms with Crippen LogP contribution in [0, 0.1) is 5.82 Å². The van der Waals surface area contributed by atoms with Crippen LogP contribution in [0.2, 0.25) is 0 Å². The number of benzene rings is 1. The van der Waals surface area contributed by atoms with Gasteiger partial charge in [0.1, 0.15) is 5.82 Å². The predicted octanol–water partition coefficient (Wildman–Crippen LogP) is 1.72. The number of likely N-dealkylation sites (N-methyl/N-ethyl adjacent to an activating group) is 1. The number of hydrogen-bond donors (Lipinski definition) is 2. The third kappa shape index (κ3) is 8.95. The van der Waals surface area contributed by atoms with E-state index in [9.17, 15) is 4.39 Å². The second kappa shape index (κ2) is 14.3. The largest absolute Gasteiger partial charge is 0.385 e. The maximum absolute atomic E-state index is 13.4. The molecular weight excluding hydrogens is 385 g/mol. The quantitative estimate of drug-likeness (QED) is 0.303. The first-order chi connectivity index (χ1) is 14.6. The third-order valence-corrected chi connectivity index (χ3v) is 5.18. The Morgan fingerprint density at radius 2 is 1.97 bits per heavy atom. The molecule has 1 aromatic carbocycles. The molecule has 1 unspecified atom stereocenters. The number of aliphatic imine (C=N–C) groups is 1. The Hall–Kier alpha value is -1.74. The fourth-order valence-electron chi connectivity index (χ4n) is 3.48. The molecular formula is C22H38FN5O2. The monoisotopic (exact) mass is 423 g/mol. The molecule has 0 bridgehead atoms. The van der Waals surface area contributed by atoms with Crippen LogP contribution in [0.15, 0.2) is 29.3 Å². The van der Waals surface area contributed by atoms with Gasteiger partial charge < -0.3 is 25.0 Å². The molecule has 1 heterocycles. The topological polar surface area (TPSA) is 61.4 Å². The molecule has 0 saturated carbocycles. The summed E-state index contributed by atoms with van der Waals surface area (Å²) in [5.74, 6) is 0.593. The number of halogens is 1. The van der Waals surface area contributed by atoms with E-state index in [-0.39, 0.29) is 11.9 Å². The van der Waals surface area contributed by atoms with Gasteiger partial charge in [-0.05, 0) is 38.1 Å². The molecule has 2 N–H and O–H groups in total. The minimum atomic E-state index is -0.215. The maximum atomic E-state index is 13.4. The van der Waals surface area contributed by atoms with Crippen LogP contribution < -0.4 is 10.6 Å². The summed E-state index contributed by atoms with van der Waals surface area (Å²) in [5.41, 5.74) is 1.08. The molecule has 1 atom stereocenters. The van der Waals surface area contributed by atoms with E-state index >= 15 is 0 Å². The molecule has 0 aliphatic carbocycles. The fourth-order valence-corrected chi connectivity index (χ4v) is 3.48. The van der Waals surface area contributed by atoms with E-state index in [0.29, 0.717) is 6.54 Å². The van der Waals surface area contributed by atoms with Gasteiger partial charge in [0.2, 0.25) is 0 Å². The standard InChI is InChI=1S/C22H38FN5O2/c1-4-24-22(25-10-12-27(2)11-5-15-29-3)26-18-21(28-13-16-30-17-14-28)19-6-8-20(23)9-7-19/h6-9,21H,4-5,10-18H2,1-3H3,(H2,24,25,26). The smallest absolute Gasteiger partial charge is 0.191 e. The molecule has 1 fully saturated rings. The van der Waals surface area contributed by atoms with Crippen molar-refractivity contribution in [2.24, 2.45) is 4.99 Å². The van der Waals surface area contributed by atoms with Crippen molar-refractivity contribution in [3.63, 3.8) is 0 Å². The summed E-state index contributed by atoms with van der Waals surface area (Å²) in [6, 6.07) is 6.87. The van der Waals surface area contributed by atoms with Crippen LogP contribution in [0.25, 0.3) is 0 Å². The number of nitrogens with zero attached hydrogens (tertiary/aromatic N) is 3. The van der Waals surface area contributed by atoms with Crippen molar-refractivity contribution in [3.8, 4) is 0 Å². The Kier molecular flexibility index (Phi) is 11.7. The van der Waals surface area contributed by atoms with Crippen LogP contribution in [0.5, 0.6) is 0 Å². The maximum Gasteiger partial charge on any atom is 0.191 e. The van der Waals surface area contributed by atoms with Crippen molar-refractivity contribution in [3.05, 3.63) is 35.6 Å². The van der Waals surface area contributed by atoms with E-state index in [4.69, 9.17) is 14.5 Å². The lowest BCUT2D eigenvalue weighted by Gasteiger charge is -2.34. The highest BCUT2D eigenvalue weighted by molar-refractivity contribution is 5.79. The SMILES string of the molecule is CCNC(=NCC(c1ccc(F)cc1)N1CCOCC1)NCCN(C)CCCOC. The van der Waals surface area contributed by atoms with Gasteiger partial charge in [-0.15, -0.1) is 0 Å². The molecule has 0 spiro atoms. The van der Waals surface area contributed by atoms with E-state index in [0.717, 1.165) is 77.0 Å². The van der Waals surface area contributed by atoms with Gasteiger partial charge in [0.25, 0.3) is 0 Å². The molecule has 30 heavy (non-hydrogen) atoms. The molecule has 1 aliphatic heterocycles. The summed E-state index contributed by atoms with van der Waals surface area (Å²) in [7, 11) is 3.85. The predicted molar refractivity (Wildman–Crippen MR) is 120 cm³/mol. The van der Waals surface area contributed by atoms with Gasteiger partial charge >= 0.3 is 0 Å². The lowest BCUT2D eigenvalue weighted by Crippen LogP contribution is -2.43. The highest BCUT2D eigenvalue weighted by Crippen LogP contribution is 2.22. The number of morpholine rings is 1. The van der Waals surface area contributed by atoms with Crippen LogP contribution in [0.1, 0.15) is 24.9 Å². The van der Waals surface area contributed by atoms with E-state index < -0.39 is 0 Å². The second-order valence-electron chi connectivity index (χ2n) is 7.51. The lowest BCUT2D eigenvalue weighted by molar-refractivity contribution is 0.0179. The number of hydrogen-bond acceptors (Lipinski definition) is 5. The van der Waals surface area contributed by atoms with Crippen LogP contribution in [0.3, 0.4) is 0 Å². The third-order valence-electron chi connectivity index (χ3n) is 5.18. The molecule has 1 aromatic rings. The summed E-state index contributed by atoms with van der Waals surface area (Å²) < 4.78 is 24.0. The molecule has 170 valence electrons. The van der Waals surface area contributed by atoms with Crippen molar-refractivity contribution in [1.29, 1.82) is 0 Å². The van der Waals surface area contributed by atoms with Crippen LogP contribution in [0.4, 0.5) is 4.39 Å². The molecule has 0 aromatic heterocycles. The van der Waals surface area contributed by atoms with E-state index in [2.05, 4.69) is 34.4 Å². The molecule has 8 heteroatoms. The molecule has 0 amide bonds. The Balaban J connectivity index is 1.95. The zero-order valence-electron chi connectivity index (χ0n) is 18.7. The number of rotatable bonds is 12. The number of methoxy groups -OCH3 is 1. The number of ether oxygens (including phenoxy) is 2. The van der Waals surface area contributed by atoms with Crippen molar-refractivity contribution < 1.29 is 13.9 Å². The normalized spacial score (nSPS) is 16.6. The average Bonchev–Trinajstić information content (AvgIpc) is 2.76. The molecule has 2 rings (SSSR count). The minimum absolute atomic E-state index is 0.0988. The van der Waals surface area contributed by atoms with Crippen molar-refractivity contribution in [2.45, 2.75) is 19.4 Å². The molecule has 0 radical (unpaired) electrons. The summed E-state index contributed by atoms with van der Waals surface area (Å²) in [6.45, 7) is 10.1. The first-order valence-corrected chi connectivity index (χ1v) is 10.9. The van der Waals surface area contributed by atoms with E-state index in [1.165, 1.54) is 12.1 Å². The highest BCUT2D eigenvalue weighted by Gasteiger charge is 2.22. The fraction of sp³-hybridized carbons (Fsp3) is 0.682. The first kappa shape index (κ1) is 24.5. The molecule has 7 nitrogen and oxygen atoms in total. The van der Waals surface area contributed by atoms with Crippen LogP contribution in [-0.2, 0) is 9.47 Å². The summed E-state index contributed by atoms with van der Waals surface area (Å²) in [4.78, 5) is 9.49. The number of guanidine groups is 1. The Bertz CT molecular complexity index is 608. The van der Waals surface area contributed by atoms with Gasteiger partial charge in [0.05, 0.1) is 25.8 Å². The zero-order chi connectivity index (χ0) is 21.6. The second-order valence-corrected chi connectivity index (χ2v) is 7.51. The van der Waals surface area contributed by atoms with Crippen LogP contribution >= 0.6 is 0 Å². The van der Waals surface area contributed by atoms with E-state index in [1.807, 2.05) is 12.1 Å². The van der Waals surface area contributed by atoms with Gasteiger partial charge in [-0.1, -0.05) is 12.1 Å². The van der Waals surface area contributed by atoms with Crippen molar-refractivity contribution >= 4 is 5.96 Å². The highest BCUT2D eigenvalue weighted by atomic mass is 19.1. The summed E-state index contributed by atoms with van der Waals surface area (Å²) >= 11 is 0. The zero-order valence-corrected chi connectivity index (χ0v) is 18.7. The van der Waals surface area contributed by atoms with Crippen molar-refractivity contribution in [1.82, 2.24) is 20.4 Å². The lowest BCUT2D eigenvalue weighted by atomic mass is 10.0. The Morgan fingerprint density at radius 3 is 2.63 bits per heavy atom. The summed E-state index contributed by atoms with van der Waals surface area (Å²) in [5, 5.41) is 6.75. The Morgan fingerprint density at radius 1 is 1.23 bits per heavy atom. The van der Waals surface area contributed by atoms with Gasteiger partial charge in [0.15, 0.2) is 5.96 Å². The number of nitrogens with one attached hydrogen (secondary N) is 2. The molecule has 1 saturated heterocycles. The van der Waals surface area contributed by atoms with Gasteiger partial charge in [-0.3, -0.25) is 9.89 Å².